The van der Waals surface area contributed by atoms with Gasteiger partial charge in [0.2, 0.25) is 11.8 Å². The van der Waals surface area contributed by atoms with Crippen LogP contribution in [0.25, 0.3) is 0 Å². The summed E-state index contributed by atoms with van der Waals surface area (Å²) in [7, 11) is 1.38. The summed E-state index contributed by atoms with van der Waals surface area (Å²) in [5.74, 6) is 0.109. The van der Waals surface area contributed by atoms with E-state index in [1.54, 1.807) is 0 Å². The van der Waals surface area contributed by atoms with E-state index in [-0.39, 0.29) is 29.9 Å². The van der Waals surface area contributed by atoms with Gasteiger partial charge in [-0.2, -0.15) is 0 Å². The summed E-state index contributed by atoms with van der Waals surface area (Å²) in [5.41, 5.74) is 1.33. The van der Waals surface area contributed by atoms with Crippen molar-refractivity contribution in [2.45, 2.75) is 58.9 Å². The van der Waals surface area contributed by atoms with Crippen LogP contribution in [0.1, 0.15) is 61.3 Å². The van der Waals surface area contributed by atoms with E-state index in [2.05, 4.69) is 27.4 Å². The minimum Gasteiger partial charge on any atom is -0.465 e. The molecule has 1 aromatic rings. The third kappa shape index (κ3) is 7.25. The zero-order valence-electron chi connectivity index (χ0n) is 20.6. The van der Waals surface area contributed by atoms with Crippen molar-refractivity contribution in [2.75, 3.05) is 51.7 Å². The minimum atomic E-state index is -0.378. The maximum atomic E-state index is 12.9. The van der Waals surface area contributed by atoms with E-state index in [0.29, 0.717) is 23.0 Å². The van der Waals surface area contributed by atoms with E-state index < -0.39 is 0 Å². The molecule has 1 aliphatic heterocycles. The number of nitrogens with one attached hydrogen (secondary N) is 2. The number of rotatable bonds is 6. The van der Waals surface area contributed by atoms with Crippen molar-refractivity contribution in [1.82, 2.24) is 15.1 Å². The second-order valence-electron chi connectivity index (χ2n) is 10.3. The van der Waals surface area contributed by atoms with Crippen molar-refractivity contribution in [2.24, 2.45) is 5.92 Å². The van der Waals surface area contributed by atoms with Gasteiger partial charge < -0.3 is 15.4 Å². The Kier molecular flexibility index (Phi) is 8.53. The smallest absolute Gasteiger partial charge is 0.341 e. The number of amides is 2. The number of ether oxygens (including phenoxy) is 1. The fourth-order valence-corrected chi connectivity index (χ4v) is 5.94. The molecule has 184 valence electrons. The second-order valence-corrected chi connectivity index (χ2v) is 11.4. The summed E-state index contributed by atoms with van der Waals surface area (Å²) >= 11 is 1.51. The molecule has 1 unspecified atom stereocenters. The SMILES string of the molecule is COC(=O)c1c(NC(=O)CN2CCCN(CC(=O)NC(C)(C)C)CC2)sc2c1CCC(C)C2. The first-order chi connectivity index (χ1) is 15.6. The number of carbonyl (C=O) groups is 3. The highest BCUT2D eigenvalue weighted by atomic mass is 32.1. The minimum absolute atomic E-state index is 0.0278. The Bertz CT molecular complexity index is 877. The lowest BCUT2D eigenvalue weighted by molar-refractivity contribution is -0.123. The topological polar surface area (TPSA) is 91.0 Å². The fraction of sp³-hybridized carbons (Fsp3) is 0.708. The zero-order valence-corrected chi connectivity index (χ0v) is 21.4. The predicted molar refractivity (Wildman–Crippen MR) is 131 cm³/mol. The van der Waals surface area contributed by atoms with E-state index in [4.69, 9.17) is 4.74 Å². The average molecular weight is 479 g/mol. The number of nitrogens with zero attached hydrogens (tertiary/aromatic N) is 2. The molecule has 1 atom stereocenters. The molecule has 8 nitrogen and oxygen atoms in total. The highest BCUT2D eigenvalue weighted by Gasteiger charge is 2.29. The Balaban J connectivity index is 1.57. The normalized spacial score (nSPS) is 20.0. The maximum Gasteiger partial charge on any atom is 0.341 e. The van der Waals surface area contributed by atoms with Gasteiger partial charge in [-0.3, -0.25) is 19.4 Å². The lowest BCUT2D eigenvalue weighted by atomic mass is 9.88. The summed E-state index contributed by atoms with van der Waals surface area (Å²) in [4.78, 5) is 43.0. The van der Waals surface area contributed by atoms with Crippen LogP contribution in [0.3, 0.4) is 0 Å². The van der Waals surface area contributed by atoms with Crippen LogP contribution in [-0.4, -0.2) is 79.5 Å². The van der Waals surface area contributed by atoms with Crippen LogP contribution >= 0.6 is 11.3 Å². The number of esters is 1. The van der Waals surface area contributed by atoms with Gasteiger partial charge in [-0.05, 0) is 71.0 Å². The maximum absolute atomic E-state index is 12.9. The number of anilines is 1. The number of thiophene rings is 1. The monoisotopic (exact) mass is 478 g/mol. The van der Waals surface area contributed by atoms with Gasteiger partial charge in [-0.15, -0.1) is 11.3 Å². The fourth-order valence-electron chi connectivity index (χ4n) is 4.53. The van der Waals surface area contributed by atoms with Gasteiger partial charge >= 0.3 is 5.97 Å². The first-order valence-electron chi connectivity index (χ1n) is 11.8. The molecule has 2 amide bonds. The lowest BCUT2D eigenvalue weighted by Gasteiger charge is -2.25. The van der Waals surface area contributed by atoms with E-state index in [1.807, 2.05) is 20.8 Å². The molecule has 9 heteroatoms. The number of hydrogen-bond acceptors (Lipinski definition) is 7. The van der Waals surface area contributed by atoms with Crippen molar-refractivity contribution >= 4 is 34.1 Å². The van der Waals surface area contributed by atoms with E-state index >= 15 is 0 Å². The Labute approximate surface area is 201 Å². The highest BCUT2D eigenvalue weighted by molar-refractivity contribution is 7.17. The number of carbonyl (C=O) groups excluding carboxylic acids is 3. The van der Waals surface area contributed by atoms with Crippen molar-refractivity contribution in [3.05, 3.63) is 16.0 Å². The highest BCUT2D eigenvalue weighted by Crippen LogP contribution is 2.40. The number of hydrogen-bond donors (Lipinski definition) is 2. The molecule has 0 saturated carbocycles. The molecule has 1 saturated heterocycles. The summed E-state index contributed by atoms with van der Waals surface area (Å²) in [5, 5.41) is 6.61. The van der Waals surface area contributed by atoms with E-state index in [0.717, 1.165) is 57.4 Å². The summed E-state index contributed by atoms with van der Waals surface area (Å²) in [6, 6.07) is 0. The quantitative estimate of drug-likeness (QED) is 0.611. The Morgan fingerprint density at radius 3 is 2.30 bits per heavy atom. The largest absolute Gasteiger partial charge is 0.465 e. The second kappa shape index (κ2) is 11.0. The summed E-state index contributed by atoms with van der Waals surface area (Å²) < 4.78 is 5.02. The molecule has 2 N–H and O–H groups in total. The van der Waals surface area contributed by atoms with Crippen LogP contribution in [0.4, 0.5) is 5.00 Å². The van der Waals surface area contributed by atoms with Gasteiger partial charge in [0.05, 0.1) is 25.8 Å². The molecule has 3 rings (SSSR count). The lowest BCUT2D eigenvalue weighted by Crippen LogP contribution is -2.46. The van der Waals surface area contributed by atoms with Crippen molar-refractivity contribution in [3.8, 4) is 0 Å². The standard InChI is InChI=1S/C24H38N4O4S/c1-16-7-8-17-18(13-16)33-22(21(17)23(31)32-5)25-19(29)14-27-9-6-10-28(12-11-27)15-20(30)26-24(2,3)4/h16H,6-15H2,1-5H3,(H,25,29)(H,26,30). The predicted octanol–water partition coefficient (Wildman–Crippen LogP) is 2.52. The third-order valence-electron chi connectivity index (χ3n) is 6.08. The van der Waals surface area contributed by atoms with Crippen molar-refractivity contribution in [3.63, 3.8) is 0 Å². The van der Waals surface area contributed by atoms with Gasteiger partial charge in [0, 0.05) is 23.5 Å². The molecule has 0 aromatic carbocycles. The van der Waals surface area contributed by atoms with Crippen molar-refractivity contribution < 1.29 is 19.1 Å². The van der Waals surface area contributed by atoms with Crippen LogP contribution in [-0.2, 0) is 27.2 Å². The molecule has 1 aliphatic carbocycles. The molecule has 0 radical (unpaired) electrons. The third-order valence-corrected chi connectivity index (χ3v) is 7.25. The van der Waals surface area contributed by atoms with E-state index in [9.17, 15) is 14.4 Å². The zero-order chi connectivity index (χ0) is 24.2. The van der Waals surface area contributed by atoms with Gasteiger partial charge in [-0.1, -0.05) is 6.92 Å². The van der Waals surface area contributed by atoms with Crippen LogP contribution in [0.2, 0.25) is 0 Å². The Morgan fingerprint density at radius 2 is 1.70 bits per heavy atom. The molecule has 1 aromatic heterocycles. The summed E-state index contributed by atoms with van der Waals surface area (Å²) in [6.07, 6.45) is 3.72. The molecule has 0 bridgehead atoms. The first-order valence-corrected chi connectivity index (χ1v) is 12.7. The van der Waals surface area contributed by atoms with Gasteiger partial charge in [0.15, 0.2) is 0 Å². The van der Waals surface area contributed by atoms with Crippen LogP contribution in [0.15, 0.2) is 0 Å². The van der Waals surface area contributed by atoms with Crippen LogP contribution in [0.5, 0.6) is 0 Å². The molecule has 2 aliphatic rings. The molecule has 33 heavy (non-hydrogen) atoms. The average Bonchev–Trinajstić information content (AvgIpc) is 2.90. The van der Waals surface area contributed by atoms with E-state index in [1.165, 1.54) is 23.3 Å². The van der Waals surface area contributed by atoms with Gasteiger partial charge in [-0.25, -0.2) is 4.79 Å². The molecular formula is C24H38N4O4S. The Morgan fingerprint density at radius 1 is 1.06 bits per heavy atom. The number of methoxy groups -OCH3 is 1. The van der Waals surface area contributed by atoms with Crippen LogP contribution in [0, 0.1) is 5.92 Å². The summed E-state index contributed by atoms with van der Waals surface area (Å²) in [6.45, 7) is 11.9. The molecular weight excluding hydrogens is 440 g/mol. The Hall–Kier alpha value is -1.97. The molecule has 2 heterocycles. The van der Waals surface area contributed by atoms with Crippen molar-refractivity contribution in [1.29, 1.82) is 0 Å². The first kappa shape index (κ1) is 25.6. The van der Waals surface area contributed by atoms with Gasteiger partial charge in [0.25, 0.3) is 0 Å². The molecule has 1 fully saturated rings. The molecule has 0 spiro atoms. The number of fused-ring (bicyclic) bond motifs is 1. The van der Waals surface area contributed by atoms with Gasteiger partial charge in [0.1, 0.15) is 5.00 Å². The van der Waals surface area contributed by atoms with Crippen LogP contribution < -0.4 is 10.6 Å².